The van der Waals surface area contributed by atoms with Crippen LogP contribution in [0.2, 0.25) is 0 Å². The molecule has 1 heterocycles. The Morgan fingerprint density at radius 3 is 2.94 bits per heavy atom. The molecule has 1 aliphatic heterocycles. The number of rotatable bonds is 3. The maximum Gasteiger partial charge on any atom is 0.167 e. The van der Waals surface area contributed by atoms with Gasteiger partial charge in [0.15, 0.2) is 11.6 Å². The van der Waals surface area contributed by atoms with Crippen LogP contribution in [-0.4, -0.2) is 26.2 Å². The summed E-state index contributed by atoms with van der Waals surface area (Å²) in [5.41, 5.74) is 1.89. The van der Waals surface area contributed by atoms with Gasteiger partial charge >= 0.3 is 0 Å². The fraction of sp³-hybridized carbons (Fsp3) is 0.538. The van der Waals surface area contributed by atoms with E-state index in [4.69, 9.17) is 4.74 Å². The van der Waals surface area contributed by atoms with Gasteiger partial charge in [0.1, 0.15) is 0 Å². The Morgan fingerprint density at radius 2 is 2.29 bits per heavy atom. The average Bonchev–Trinajstić information content (AvgIpc) is 2.36. The Kier molecular flexibility index (Phi) is 3.41. The van der Waals surface area contributed by atoms with Crippen molar-refractivity contribution in [3.05, 3.63) is 17.9 Å². The third kappa shape index (κ3) is 2.16. The summed E-state index contributed by atoms with van der Waals surface area (Å²) in [6, 6.07) is 3.75. The number of halogens is 1. The lowest BCUT2D eigenvalue weighted by molar-refractivity contribution is 0.386. The third-order valence-corrected chi connectivity index (χ3v) is 3.37. The monoisotopic (exact) mass is 238 g/mol. The molecule has 1 aromatic rings. The van der Waals surface area contributed by atoms with Gasteiger partial charge in [-0.3, -0.25) is 0 Å². The largest absolute Gasteiger partial charge is 0.494 e. The summed E-state index contributed by atoms with van der Waals surface area (Å²) in [5, 5.41) is 3.23. The molecule has 1 aliphatic rings. The van der Waals surface area contributed by atoms with Crippen LogP contribution in [0.4, 0.5) is 15.8 Å². The minimum absolute atomic E-state index is 0.306. The van der Waals surface area contributed by atoms with E-state index in [0.717, 1.165) is 30.9 Å². The van der Waals surface area contributed by atoms with Gasteiger partial charge in [-0.2, -0.15) is 0 Å². The highest BCUT2D eigenvalue weighted by Crippen LogP contribution is 2.36. The van der Waals surface area contributed by atoms with E-state index in [2.05, 4.69) is 24.1 Å². The second-order valence-electron chi connectivity index (χ2n) is 4.38. The highest BCUT2D eigenvalue weighted by Gasteiger charge is 2.22. The van der Waals surface area contributed by atoms with E-state index in [9.17, 15) is 4.39 Å². The minimum Gasteiger partial charge on any atom is -0.494 e. The molecule has 1 unspecified atom stereocenters. The van der Waals surface area contributed by atoms with Gasteiger partial charge < -0.3 is 15.0 Å². The molecule has 94 valence electrons. The van der Waals surface area contributed by atoms with Crippen LogP contribution in [0.25, 0.3) is 0 Å². The van der Waals surface area contributed by atoms with Gasteiger partial charge in [-0.05, 0) is 13.3 Å². The molecule has 1 aromatic carbocycles. The summed E-state index contributed by atoms with van der Waals surface area (Å²) in [6.07, 6.45) is 1.07. The summed E-state index contributed by atoms with van der Waals surface area (Å²) in [4.78, 5) is 2.30. The van der Waals surface area contributed by atoms with Crippen LogP contribution in [0.3, 0.4) is 0 Å². The van der Waals surface area contributed by atoms with Gasteiger partial charge in [-0.25, -0.2) is 4.39 Å². The highest BCUT2D eigenvalue weighted by molar-refractivity contribution is 5.74. The molecule has 4 heteroatoms. The van der Waals surface area contributed by atoms with Gasteiger partial charge in [0.05, 0.1) is 18.5 Å². The maximum atomic E-state index is 13.6. The molecule has 17 heavy (non-hydrogen) atoms. The number of methoxy groups -OCH3 is 1. The summed E-state index contributed by atoms with van der Waals surface area (Å²) >= 11 is 0. The minimum atomic E-state index is -0.315. The van der Waals surface area contributed by atoms with Crippen LogP contribution in [0.5, 0.6) is 5.75 Å². The van der Waals surface area contributed by atoms with Crippen LogP contribution in [0, 0.1) is 5.82 Å². The first-order chi connectivity index (χ1) is 8.17. The molecule has 2 rings (SSSR count). The lowest BCUT2D eigenvalue weighted by atomic mass is 10.1. The van der Waals surface area contributed by atoms with E-state index >= 15 is 0 Å². The maximum absolute atomic E-state index is 13.6. The molecule has 0 saturated carbocycles. The van der Waals surface area contributed by atoms with Crippen molar-refractivity contribution < 1.29 is 9.13 Å². The first-order valence-electron chi connectivity index (χ1n) is 6.05. The fourth-order valence-corrected chi connectivity index (χ4v) is 2.19. The predicted octanol–water partition coefficient (Wildman–Crippen LogP) is 2.86. The third-order valence-electron chi connectivity index (χ3n) is 3.37. The normalized spacial score (nSPS) is 16.1. The SMILES string of the molecule is CCC(C)N1CCNc2cc(F)c(OC)cc21. The Balaban J connectivity index is 2.42. The van der Waals surface area contributed by atoms with E-state index in [1.807, 2.05) is 0 Å². The molecule has 0 spiro atoms. The van der Waals surface area contributed by atoms with Crippen molar-refractivity contribution in [3.63, 3.8) is 0 Å². The zero-order valence-corrected chi connectivity index (χ0v) is 10.6. The molecule has 0 aromatic heterocycles. The van der Waals surface area contributed by atoms with Crippen molar-refractivity contribution in [3.8, 4) is 5.75 Å². The van der Waals surface area contributed by atoms with Gasteiger partial charge in [-0.15, -0.1) is 0 Å². The van der Waals surface area contributed by atoms with E-state index in [0.29, 0.717) is 11.8 Å². The zero-order chi connectivity index (χ0) is 12.4. The smallest absolute Gasteiger partial charge is 0.167 e. The van der Waals surface area contributed by atoms with Crippen molar-refractivity contribution in [2.75, 3.05) is 30.4 Å². The second-order valence-corrected chi connectivity index (χ2v) is 4.38. The molecule has 3 nitrogen and oxygen atoms in total. The van der Waals surface area contributed by atoms with Gasteiger partial charge in [-0.1, -0.05) is 6.92 Å². The quantitative estimate of drug-likeness (QED) is 0.876. The number of hydrogen-bond donors (Lipinski definition) is 1. The van der Waals surface area contributed by atoms with Gasteiger partial charge in [0, 0.05) is 31.3 Å². The summed E-state index contributed by atoms with van der Waals surface area (Å²) in [5.74, 6) is -0.00879. The van der Waals surface area contributed by atoms with Gasteiger partial charge in [0.2, 0.25) is 0 Å². The molecule has 1 N–H and O–H groups in total. The molecule has 0 bridgehead atoms. The Bertz CT molecular complexity index is 409. The second kappa shape index (κ2) is 4.82. The number of anilines is 2. The van der Waals surface area contributed by atoms with Crippen molar-refractivity contribution in [2.24, 2.45) is 0 Å². The molecule has 0 amide bonds. The lowest BCUT2D eigenvalue weighted by Crippen LogP contribution is -2.40. The Morgan fingerprint density at radius 1 is 1.53 bits per heavy atom. The van der Waals surface area contributed by atoms with Gasteiger partial charge in [0.25, 0.3) is 0 Å². The molecule has 0 fully saturated rings. The number of fused-ring (bicyclic) bond motifs is 1. The van der Waals surface area contributed by atoms with Crippen molar-refractivity contribution in [1.82, 2.24) is 0 Å². The van der Waals surface area contributed by atoms with Crippen LogP contribution >= 0.6 is 0 Å². The standard InChI is InChI=1S/C13H19FN2O/c1-4-9(2)16-6-5-15-11-7-10(14)13(17-3)8-12(11)16/h7-9,15H,4-6H2,1-3H3. The first kappa shape index (κ1) is 12.0. The van der Waals surface area contributed by atoms with Crippen LogP contribution in [-0.2, 0) is 0 Å². The van der Waals surface area contributed by atoms with E-state index in [-0.39, 0.29) is 5.82 Å². The number of nitrogens with one attached hydrogen (secondary N) is 1. The van der Waals surface area contributed by atoms with Crippen LogP contribution in [0.15, 0.2) is 12.1 Å². The Labute approximate surface area is 102 Å². The molecular formula is C13H19FN2O. The average molecular weight is 238 g/mol. The van der Waals surface area contributed by atoms with Crippen LogP contribution in [0.1, 0.15) is 20.3 Å². The van der Waals surface area contributed by atoms with Crippen molar-refractivity contribution in [2.45, 2.75) is 26.3 Å². The lowest BCUT2D eigenvalue weighted by Gasteiger charge is -2.36. The van der Waals surface area contributed by atoms with Crippen LogP contribution < -0.4 is 15.0 Å². The van der Waals surface area contributed by atoms with E-state index in [1.165, 1.54) is 13.2 Å². The fourth-order valence-electron chi connectivity index (χ4n) is 2.19. The topological polar surface area (TPSA) is 24.5 Å². The number of nitrogens with zero attached hydrogens (tertiary/aromatic N) is 1. The molecule has 0 saturated heterocycles. The Hall–Kier alpha value is -1.45. The number of ether oxygens (including phenoxy) is 1. The molecular weight excluding hydrogens is 219 g/mol. The predicted molar refractivity (Wildman–Crippen MR) is 68.5 cm³/mol. The zero-order valence-electron chi connectivity index (χ0n) is 10.6. The van der Waals surface area contributed by atoms with E-state index < -0.39 is 0 Å². The first-order valence-corrected chi connectivity index (χ1v) is 6.05. The van der Waals surface area contributed by atoms with Crippen molar-refractivity contribution in [1.29, 1.82) is 0 Å². The molecule has 0 aliphatic carbocycles. The molecule has 1 atom stereocenters. The van der Waals surface area contributed by atoms with Crippen molar-refractivity contribution >= 4 is 11.4 Å². The summed E-state index contributed by atoms with van der Waals surface area (Å²) in [7, 11) is 1.49. The summed E-state index contributed by atoms with van der Waals surface area (Å²) in [6.45, 7) is 6.14. The number of benzene rings is 1. The van der Waals surface area contributed by atoms with E-state index in [1.54, 1.807) is 6.07 Å². The summed E-state index contributed by atoms with van der Waals surface area (Å²) < 4.78 is 18.6. The highest BCUT2D eigenvalue weighted by atomic mass is 19.1. The molecule has 0 radical (unpaired) electrons. The number of hydrogen-bond acceptors (Lipinski definition) is 3.